The van der Waals surface area contributed by atoms with Crippen LogP contribution in [0.5, 0.6) is 23.0 Å². The van der Waals surface area contributed by atoms with Crippen LogP contribution in [-0.2, 0) is 0 Å². The molecule has 0 unspecified atom stereocenters. The molecule has 0 fully saturated rings. The molecular weight excluding hydrogens is 444 g/mol. The van der Waals surface area contributed by atoms with Gasteiger partial charge in [-0.3, -0.25) is 4.79 Å². The molecular formula is C24H21ClN4O4. The lowest BCUT2D eigenvalue weighted by atomic mass is 10.2. The molecule has 3 aromatic carbocycles. The van der Waals surface area contributed by atoms with Crippen molar-refractivity contribution in [2.24, 2.45) is 0 Å². The number of amides is 1. The Balaban J connectivity index is 1.58. The molecule has 1 aromatic heterocycles. The molecule has 168 valence electrons. The molecule has 0 radical (unpaired) electrons. The van der Waals surface area contributed by atoms with Gasteiger partial charge in [-0.1, -0.05) is 22.9 Å². The standard InChI is InChI=1S/C24H21ClN4O4/c1-15-23(27-28-29(15)17-5-4-6-20(14-17)32-3)24(30)26-21-13-16(25)7-12-22(21)33-19-10-8-18(31-2)9-11-19/h4-14H,1-3H3,(H,26,30). The van der Waals surface area contributed by atoms with Gasteiger partial charge in [0.2, 0.25) is 0 Å². The molecule has 0 aliphatic rings. The molecule has 0 aliphatic heterocycles. The summed E-state index contributed by atoms with van der Waals surface area (Å²) in [6.07, 6.45) is 0. The predicted octanol–water partition coefficient (Wildman–Crippen LogP) is 5.29. The van der Waals surface area contributed by atoms with Crippen molar-refractivity contribution in [1.82, 2.24) is 15.0 Å². The number of hydrogen-bond acceptors (Lipinski definition) is 6. The van der Waals surface area contributed by atoms with E-state index in [0.29, 0.717) is 39.4 Å². The number of carbonyl (C=O) groups excluding carboxylic acids is 1. The van der Waals surface area contributed by atoms with Crippen LogP contribution in [0.25, 0.3) is 5.69 Å². The highest BCUT2D eigenvalue weighted by atomic mass is 35.5. The highest BCUT2D eigenvalue weighted by molar-refractivity contribution is 6.31. The molecule has 0 bridgehead atoms. The third-order valence-corrected chi connectivity index (χ3v) is 5.12. The number of anilines is 1. The Morgan fingerprint density at radius 3 is 2.39 bits per heavy atom. The van der Waals surface area contributed by atoms with Crippen LogP contribution in [0.4, 0.5) is 5.69 Å². The number of nitrogens with zero attached hydrogens (tertiary/aromatic N) is 3. The van der Waals surface area contributed by atoms with Crippen molar-refractivity contribution in [3.05, 3.63) is 83.1 Å². The van der Waals surface area contributed by atoms with Crippen molar-refractivity contribution < 1.29 is 19.0 Å². The van der Waals surface area contributed by atoms with Crippen molar-refractivity contribution in [2.75, 3.05) is 19.5 Å². The van der Waals surface area contributed by atoms with Crippen molar-refractivity contribution in [3.8, 4) is 28.7 Å². The van der Waals surface area contributed by atoms with Gasteiger partial charge in [-0.25, -0.2) is 4.68 Å². The van der Waals surface area contributed by atoms with Crippen LogP contribution < -0.4 is 19.5 Å². The van der Waals surface area contributed by atoms with Gasteiger partial charge in [-0.05, 0) is 61.5 Å². The fraction of sp³-hybridized carbons (Fsp3) is 0.125. The van der Waals surface area contributed by atoms with Gasteiger partial charge in [0.1, 0.15) is 17.2 Å². The maximum absolute atomic E-state index is 13.0. The van der Waals surface area contributed by atoms with Gasteiger partial charge in [0, 0.05) is 11.1 Å². The topological polar surface area (TPSA) is 87.5 Å². The number of benzene rings is 3. The highest BCUT2D eigenvalue weighted by Gasteiger charge is 2.19. The Hall–Kier alpha value is -4.04. The molecule has 4 aromatic rings. The maximum Gasteiger partial charge on any atom is 0.278 e. The van der Waals surface area contributed by atoms with Crippen LogP contribution in [0.2, 0.25) is 5.02 Å². The Bertz CT molecular complexity index is 1290. The average Bonchev–Trinajstić information content (AvgIpc) is 3.22. The average molecular weight is 465 g/mol. The Morgan fingerprint density at radius 1 is 0.939 bits per heavy atom. The lowest BCUT2D eigenvalue weighted by Crippen LogP contribution is -2.15. The molecule has 8 nitrogen and oxygen atoms in total. The number of ether oxygens (including phenoxy) is 3. The van der Waals surface area contributed by atoms with E-state index < -0.39 is 5.91 Å². The summed E-state index contributed by atoms with van der Waals surface area (Å²) < 4.78 is 17.9. The third kappa shape index (κ3) is 4.91. The monoisotopic (exact) mass is 464 g/mol. The summed E-state index contributed by atoms with van der Waals surface area (Å²) in [6, 6.07) is 19.4. The second-order valence-corrected chi connectivity index (χ2v) is 7.45. The number of hydrogen-bond donors (Lipinski definition) is 1. The third-order valence-electron chi connectivity index (χ3n) is 4.88. The molecule has 0 spiro atoms. The van der Waals surface area contributed by atoms with E-state index in [2.05, 4.69) is 15.6 Å². The SMILES string of the molecule is COc1ccc(Oc2ccc(Cl)cc2NC(=O)c2nnn(-c3cccc(OC)c3)c2C)cc1. The van der Waals surface area contributed by atoms with Crippen molar-refractivity contribution in [1.29, 1.82) is 0 Å². The first kappa shape index (κ1) is 22.2. The van der Waals surface area contributed by atoms with E-state index in [-0.39, 0.29) is 5.69 Å². The highest BCUT2D eigenvalue weighted by Crippen LogP contribution is 2.33. The summed E-state index contributed by atoms with van der Waals surface area (Å²) in [5, 5.41) is 11.5. The van der Waals surface area contributed by atoms with Crippen LogP contribution >= 0.6 is 11.6 Å². The zero-order valence-electron chi connectivity index (χ0n) is 18.2. The Morgan fingerprint density at radius 2 is 1.67 bits per heavy atom. The summed E-state index contributed by atoms with van der Waals surface area (Å²) in [5.41, 5.74) is 1.87. The molecule has 1 heterocycles. The Kier molecular flexibility index (Phi) is 6.46. The number of nitrogens with one attached hydrogen (secondary N) is 1. The zero-order chi connectivity index (χ0) is 23.4. The van der Waals surface area contributed by atoms with Gasteiger partial charge in [0.15, 0.2) is 11.4 Å². The first-order chi connectivity index (χ1) is 16.0. The van der Waals surface area contributed by atoms with E-state index in [0.717, 1.165) is 5.69 Å². The van der Waals surface area contributed by atoms with Gasteiger partial charge in [0.05, 0.1) is 31.3 Å². The largest absolute Gasteiger partial charge is 0.497 e. The van der Waals surface area contributed by atoms with Crippen molar-refractivity contribution in [2.45, 2.75) is 6.92 Å². The Labute approximate surface area is 195 Å². The molecule has 9 heteroatoms. The van der Waals surface area contributed by atoms with E-state index in [1.54, 1.807) is 74.4 Å². The summed E-state index contributed by atoms with van der Waals surface area (Å²) in [6.45, 7) is 1.77. The molecule has 4 rings (SSSR count). The first-order valence-electron chi connectivity index (χ1n) is 9.98. The van der Waals surface area contributed by atoms with Crippen LogP contribution in [0, 0.1) is 6.92 Å². The summed E-state index contributed by atoms with van der Waals surface area (Å²) in [5.74, 6) is 1.95. The number of methoxy groups -OCH3 is 2. The second kappa shape index (κ2) is 9.62. The second-order valence-electron chi connectivity index (χ2n) is 7.01. The molecule has 0 aliphatic carbocycles. The van der Waals surface area contributed by atoms with E-state index in [1.807, 2.05) is 18.2 Å². The molecule has 1 amide bonds. The van der Waals surface area contributed by atoms with Crippen LogP contribution in [-0.4, -0.2) is 35.1 Å². The lowest BCUT2D eigenvalue weighted by Gasteiger charge is -2.13. The van der Waals surface area contributed by atoms with E-state index in [9.17, 15) is 4.79 Å². The lowest BCUT2D eigenvalue weighted by molar-refractivity contribution is 0.102. The minimum absolute atomic E-state index is 0.174. The number of rotatable bonds is 7. The van der Waals surface area contributed by atoms with Crippen molar-refractivity contribution >= 4 is 23.2 Å². The minimum Gasteiger partial charge on any atom is -0.497 e. The first-order valence-corrected chi connectivity index (χ1v) is 10.4. The van der Waals surface area contributed by atoms with Gasteiger partial charge in [-0.2, -0.15) is 0 Å². The minimum atomic E-state index is -0.441. The summed E-state index contributed by atoms with van der Waals surface area (Å²) in [4.78, 5) is 13.0. The smallest absolute Gasteiger partial charge is 0.278 e. The fourth-order valence-electron chi connectivity index (χ4n) is 3.17. The van der Waals surface area contributed by atoms with Gasteiger partial charge in [-0.15, -0.1) is 5.10 Å². The number of halogens is 1. The predicted molar refractivity (Wildman–Crippen MR) is 125 cm³/mol. The maximum atomic E-state index is 13.0. The summed E-state index contributed by atoms with van der Waals surface area (Å²) in [7, 11) is 3.18. The normalized spacial score (nSPS) is 10.5. The van der Waals surface area contributed by atoms with Gasteiger partial charge < -0.3 is 19.5 Å². The van der Waals surface area contributed by atoms with Gasteiger partial charge in [0.25, 0.3) is 5.91 Å². The quantitative estimate of drug-likeness (QED) is 0.400. The van der Waals surface area contributed by atoms with Crippen molar-refractivity contribution in [3.63, 3.8) is 0 Å². The van der Waals surface area contributed by atoms with Gasteiger partial charge >= 0.3 is 0 Å². The van der Waals surface area contributed by atoms with E-state index in [4.69, 9.17) is 25.8 Å². The van der Waals surface area contributed by atoms with E-state index in [1.165, 1.54) is 0 Å². The van der Waals surface area contributed by atoms with Crippen LogP contribution in [0.1, 0.15) is 16.2 Å². The molecule has 1 N–H and O–H groups in total. The molecule has 33 heavy (non-hydrogen) atoms. The van der Waals surface area contributed by atoms with E-state index >= 15 is 0 Å². The molecule has 0 saturated carbocycles. The molecule has 0 saturated heterocycles. The van der Waals surface area contributed by atoms with Crippen LogP contribution in [0.3, 0.4) is 0 Å². The number of carbonyl (C=O) groups is 1. The molecule has 0 atom stereocenters. The fourth-order valence-corrected chi connectivity index (χ4v) is 3.34. The van der Waals surface area contributed by atoms with Crippen LogP contribution in [0.15, 0.2) is 66.7 Å². The number of aromatic nitrogens is 3. The summed E-state index contributed by atoms with van der Waals surface area (Å²) >= 11 is 6.17. The zero-order valence-corrected chi connectivity index (χ0v) is 19.0.